The molecule has 0 fully saturated rings. The Morgan fingerprint density at radius 1 is 1.30 bits per heavy atom. The molecule has 5 nitrogen and oxygen atoms in total. The van der Waals surface area contributed by atoms with Crippen molar-refractivity contribution in [3.8, 4) is 5.75 Å². The van der Waals surface area contributed by atoms with E-state index in [0.29, 0.717) is 24.8 Å². The number of benzene rings is 1. The maximum atomic E-state index is 11.1. The summed E-state index contributed by atoms with van der Waals surface area (Å²) in [5, 5.41) is 6.77. The number of alkyl carbamates (subject to hydrolysis) is 1. The van der Waals surface area contributed by atoms with Gasteiger partial charge in [-0.1, -0.05) is 17.7 Å². The Bertz CT molecular complexity index is 523. The zero-order valence-corrected chi connectivity index (χ0v) is 14.4. The van der Waals surface area contributed by atoms with Crippen LogP contribution in [0.3, 0.4) is 0 Å². The Hall–Kier alpha value is -1.46. The Kier molecular flexibility index (Phi) is 7.49. The minimum atomic E-state index is -0.364. The molecule has 23 heavy (non-hydrogen) atoms. The lowest BCUT2D eigenvalue weighted by atomic mass is 10.0. The Labute approximate surface area is 142 Å². The van der Waals surface area contributed by atoms with Crippen LogP contribution in [0.25, 0.3) is 0 Å². The van der Waals surface area contributed by atoms with E-state index in [9.17, 15) is 4.79 Å². The fraction of sp³-hybridized carbons (Fsp3) is 0.588. The van der Waals surface area contributed by atoms with Crippen LogP contribution < -0.4 is 15.4 Å². The topological polar surface area (TPSA) is 59.6 Å². The molecule has 0 aliphatic carbocycles. The Morgan fingerprint density at radius 2 is 2.13 bits per heavy atom. The number of ether oxygens (including phenoxy) is 2. The molecule has 2 rings (SSSR count). The van der Waals surface area contributed by atoms with Crippen molar-refractivity contribution in [2.24, 2.45) is 0 Å². The number of rotatable bonds is 7. The van der Waals surface area contributed by atoms with E-state index in [2.05, 4.69) is 16.7 Å². The van der Waals surface area contributed by atoms with Gasteiger partial charge >= 0.3 is 6.09 Å². The van der Waals surface area contributed by atoms with Crippen LogP contribution in [-0.4, -0.2) is 38.9 Å². The van der Waals surface area contributed by atoms with Gasteiger partial charge in [-0.2, -0.15) is 0 Å². The van der Waals surface area contributed by atoms with Crippen LogP contribution in [0.15, 0.2) is 12.1 Å². The highest BCUT2D eigenvalue weighted by atomic mass is 35.5. The van der Waals surface area contributed by atoms with E-state index in [-0.39, 0.29) is 6.09 Å². The molecule has 0 atom stereocenters. The van der Waals surface area contributed by atoms with Gasteiger partial charge in [0.2, 0.25) is 0 Å². The van der Waals surface area contributed by atoms with Crippen molar-refractivity contribution in [2.75, 3.05) is 32.8 Å². The fourth-order valence-corrected chi connectivity index (χ4v) is 2.87. The molecule has 0 aromatic heterocycles. The monoisotopic (exact) mass is 340 g/mol. The van der Waals surface area contributed by atoms with E-state index in [4.69, 9.17) is 21.1 Å². The first-order valence-corrected chi connectivity index (χ1v) is 8.64. The van der Waals surface area contributed by atoms with E-state index in [0.717, 1.165) is 44.5 Å². The molecule has 1 aromatic carbocycles. The van der Waals surface area contributed by atoms with Gasteiger partial charge in [0.1, 0.15) is 5.75 Å². The van der Waals surface area contributed by atoms with Crippen molar-refractivity contribution < 1.29 is 14.3 Å². The van der Waals surface area contributed by atoms with Crippen LogP contribution in [-0.2, 0) is 17.6 Å². The molecule has 0 unspecified atom stereocenters. The lowest BCUT2D eigenvalue weighted by Gasteiger charge is -2.15. The lowest BCUT2D eigenvalue weighted by Crippen LogP contribution is -2.25. The van der Waals surface area contributed by atoms with Crippen LogP contribution in [0, 0.1) is 0 Å². The van der Waals surface area contributed by atoms with Gasteiger partial charge in [0.25, 0.3) is 0 Å². The maximum absolute atomic E-state index is 11.1. The number of fused-ring (bicyclic) bond motifs is 1. The second-order valence-electron chi connectivity index (χ2n) is 5.47. The molecule has 2 N–H and O–H groups in total. The summed E-state index contributed by atoms with van der Waals surface area (Å²) in [6, 6.07) is 4.02. The minimum absolute atomic E-state index is 0.364. The predicted molar refractivity (Wildman–Crippen MR) is 91.5 cm³/mol. The highest BCUT2D eigenvalue weighted by Crippen LogP contribution is 2.33. The van der Waals surface area contributed by atoms with Crippen molar-refractivity contribution in [2.45, 2.75) is 32.6 Å². The standard InChI is InChI=1S/C17H25ClN2O3/c1-2-22-17(21)20-9-3-4-12-23-16-14-8-11-19-10-7-13(14)5-6-15(16)18/h5-6,19H,2-4,7-12H2,1H3,(H,20,21). The van der Waals surface area contributed by atoms with Crippen molar-refractivity contribution >= 4 is 17.7 Å². The second kappa shape index (κ2) is 9.63. The number of amides is 1. The molecule has 128 valence electrons. The van der Waals surface area contributed by atoms with Crippen molar-refractivity contribution in [1.82, 2.24) is 10.6 Å². The molecule has 0 saturated carbocycles. The number of halogens is 1. The van der Waals surface area contributed by atoms with Crippen LogP contribution >= 0.6 is 11.6 Å². The van der Waals surface area contributed by atoms with E-state index < -0.39 is 0 Å². The van der Waals surface area contributed by atoms with Gasteiger partial charge in [-0.25, -0.2) is 4.79 Å². The number of carbonyl (C=O) groups excluding carboxylic acids is 1. The summed E-state index contributed by atoms with van der Waals surface area (Å²) in [5.41, 5.74) is 2.55. The van der Waals surface area contributed by atoms with Gasteiger partial charge < -0.3 is 20.1 Å². The molecule has 1 aliphatic rings. The summed E-state index contributed by atoms with van der Waals surface area (Å²) in [7, 11) is 0. The summed E-state index contributed by atoms with van der Waals surface area (Å²) >= 11 is 6.31. The van der Waals surface area contributed by atoms with E-state index >= 15 is 0 Å². The van der Waals surface area contributed by atoms with Gasteiger partial charge in [-0.3, -0.25) is 0 Å². The first kappa shape index (κ1) is 17.9. The summed E-state index contributed by atoms with van der Waals surface area (Å²) in [5.74, 6) is 0.825. The third-order valence-electron chi connectivity index (χ3n) is 3.79. The molecule has 6 heteroatoms. The average Bonchev–Trinajstić information content (AvgIpc) is 2.78. The number of carbonyl (C=O) groups is 1. The number of unbranched alkanes of at least 4 members (excludes halogenated alkanes) is 1. The zero-order valence-electron chi connectivity index (χ0n) is 13.6. The zero-order chi connectivity index (χ0) is 16.5. The fourth-order valence-electron chi connectivity index (χ4n) is 2.64. The van der Waals surface area contributed by atoms with Crippen molar-refractivity contribution in [3.63, 3.8) is 0 Å². The SMILES string of the molecule is CCOC(=O)NCCCCOc1c(Cl)ccc2c1CCNCC2. The Balaban J connectivity index is 1.78. The van der Waals surface area contributed by atoms with Crippen LogP contribution in [0.2, 0.25) is 5.02 Å². The van der Waals surface area contributed by atoms with E-state index in [1.54, 1.807) is 6.92 Å². The van der Waals surface area contributed by atoms with Gasteiger partial charge in [-0.05, 0) is 57.3 Å². The van der Waals surface area contributed by atoms with Crippen LogP contribution in [0.5, 0.6) is 5.75 Å². The summed E-state index contributed by atoms with van der Waals surface area (Å²) in [4.78, 5) is 11.1. The van der Waals surface area contributed by atoms with Gasteiger partial charge in [0.15, 0.2) is 0 Å². The predicted octanol–water partition coefficient (Wildman–Crippen LogP) is 2.93. The number of hydrogen-bond acceptors (Lipinski definition) is 4. The van der Waals surface area contributed by atoms with E-state index in [1.165, 1.54) is 11.1 Å². The molecule has 0 saturated heterocycles. The smallest absolute Gasteiger partial charge is 0.407 e. The van der Waals surface area contributed by atoms with Gasteiger partial charge in [-0.15, -0.1) is 0 Å². The molecular weight excluding hydrogens is 316 g/mol. The number of nitrogens with one attached hydrogen (secondary N) is 2. The van der Waals surface area contributed by atoms with Crippen LogP contribution in [0.1, 0.15) is 30.9 Å². The summed E-state index contributed by atoms with van der Waals surface area (Å²) < 4.78 is 10.7. The highest BCUT2D eigenvalue weighted by molar-refractivity contribution is 6.32. The quantitative estimate of drug-likeness (QED) is 0.749. The Morgan fingerprint density at radius 3 is 2.96 bits per heavy atom. The third-order valence-corrected chi connectivity index (χ3v) is 4.09. The number of hydrogen-bond donors (Lipinski definition) is 2. The summed E-state index contributed by atoms with van der Waals surface area (Å²) in [6.07, 6.45) is 3.27. The molecule has 1 aliphatic heterocycles. The molecular formula is C17H25ClN2O3. The second-order valence-corrected chi connectivity index (χ2v) is 5.87. The van der Waals surface area contributed by atoms with Gasteiger partial charge in [0.05, 0.1) is 18.2 Å². The third kappa shape index (κ3) is 5.59. The molecule has 0 radical (unpaired) electrons. The van der Waals surface area contributed by atoms with E-state index in [1.807, 2.05) is 6.07 Å². The minimum Gasteiger partial charge on any atom is -0.492 e. The molecule has 1 amide bonds. The largest absolute Gasteiger partial charge is 0.492 e. The molecule has 1 aromatic rings. The van der Waals surface area contributed by atoms with Gasteiger partial charge in [0, 0.05) is 12.1 Å². The van der Waals surface area contributed by atoms with Crippen molar-refractivity contribution in [1.29, 1.82) is 0 Å². The normalized spacial score (nSPS) is 13.8. The van der Waals surface area contributed by atoms with Crippen molar-refractivity contribution in [3.05, 3.63) is 28.3 Å². The highest BCUT2D eigenvalue weighted by Gasteiger charge is 2.15. The molecule has 0 spiro atoms. The molecule has 0 bridgehead atoms. The summed E-state index contributed by atoms with van der Waals surface area (Å²) in [6.45, 7) is 5.30. The first-order chi connectivity index (χ1) is 11.2. The first-order valence-electron chi connectivity index (χ1n) is 8.26. The maximum Gasteiger partial charge on any atom is 0.407 e. The van der Waals surface area contributed by atoms with Crippen LogP contribution in [0.4, 0.5) is 4.79 Å². The molecule has 1 heterocycles. The lowest BCUT2D eigenvalue weighted by molar-refractivity contribution is 0.152. The average molecular weight is 341 g/mol.